The van der Waals surface area contributed by atoms with Gasteiger partial charge in [-0.15, -0.1) is 11.3 Å². The molecule has 0 saturated carbocycles. The number of aryl methyl sites for hydroxylation is 1. The summed E-state index contributed by atoms with van der Waals surface area (Å²) in [5, 5.41) is 10.8. The van der Waals surface area contributed by atoms with Gasteiger partial charge in [0, 0.05) is 24.3 Å². The van der Waals surface area contributed by atoms with Crippen LogP contribution in [-0.4, -0.2) is 23.1 Å². The minimum atomic E-state index is -3.57. The molecule has 2 N–H and O–H groups in total. The van der Waals surface area contributed by atoms with Crippen molar-refractivity contribution in [2.24, 2.45) is 7.05 Å². The van der Waals surface area contributed by atoms with Gasteiger partial charge >= 0.3 is 0 Å². The number of aliphatic hydroxyl groups excluding tert-OH is 1. The first-order chi connectivity index (χ1) is 8.53. The lowest BCUT2D eigenvalue weighted by molar-refractivity contribution is 0.272. The Morgan fingerprint density at radius 2 is 2.33 bits per heavy atom. The molecule has 98 valence electrons. The van der Waals surface area contributed by atoms with Crippen LogP contribution in [0, 0.1) is 0 Å². The minimum Gasteiger partial charge on any atom is -0.390 e. The topological polar surface area (TPSA) is 84.2 Å². The first-order valence-electron chi connectivity index (χ1n) is 5.16. The zero-order chi connectivity index (χ0) is 13.2. The summed E-state index contributed by atoms with van der Waals surface area (Å²) in [6, 6.07) is 1.45. The average Bonchev–Trinajstić information content (AvgIpc) is 2.95. The van der Waals surface area contributed by atoms with E-state index in [-0.39, 0.29) is 18.0 Å². The lowest BCUT2D eigenvalue weighted by Crippen LogP contribution is -2.23. The zero-order valence-corrected chi connectivity index (χ0v) is 11.3. The predicted molar refractivity (Wildman–Crippen MR) is 67.5 cm³/mol. The van der Waals surface area contributed by atoms with Crippen molar-refractivity contribution >= 4 is 21.4 Å². The highest BCUT2D eigenvalue weighted by Crippen LogP contribution is 2.14. The third-order valence-corrected chi connectivity index (χ3v) is 4.49. The lowest BCUT2D eigenvalue weighted by atomic mass is 10.5. The molecular weight excluding hydrogens is 274 g/mol. The second-order valence-corrected chi connectivity index (χ2v) is 6.23. The maximum atomic E-state index is 12.0. The molecule has 0 aliphatic heterocycles. The molecule has 0 saturated heterocycles. The number of nitrogens with one attached hydrogen (secondary N) is 1. The molecule has 18 heavy (non-hydrogen) atoms. The summed E-state index contributed by atoms with van der Waals surface area (Å²) in [4.78, 5) is 4.14. The van der Waals surface area contributed by atoms with Crippen LogP contribution in [0.15, 0.2) is 28.0 Å². The van der Waals surface area contributed by atoms with Crippen LogP contribution in [0.4, 0.5) is 0 Å². The molecule has 0 spiro atoms. The number of sulfonamides is 1. The Balaban J connectivity index is 2.14. The van der Waals surface area contributed by atoms with Gasteiger partial charge < -0.3 is 9.67 Å². The summed E-state index contributed by atoms with van der Waals surface area (Å²) in [7, 11) is -1.88. The van der Waals surface area contributed by atoms with Gasteiger partial charge in [-0.05, 0) is 6.07 Å². The fourth-order valence-corrected chi connectivity index (χ4v) is 3.11. The standard InChI is InChI=1S/C10H13N3O3S2/c1-13-4-10(2-9(13)5-14)18(15,16)12-3-8-6-17-7-11-8/h2,4,6-7,12,14H,3,5H2,1H3. The third kappa shape index (κ3) is 2.78. The van der Waals surface area contributed by atoms with E-state index in [1.165, 1.54) is 23.6 Å². The zero-order valence-electron chi connectivity index (χ0n) is 9.70. The quantitative estimate of drug-likeness (QED) is 0.836. The minimum absolute atomic E-state index is 0.143. The van der Waals surface area contributed by atoms with Crippen LogP contribution in [0.1, 0.15) is 11.4 Å². The smallest absolute Gasteiger partial charge is 0.242 e. The molecule has 0 unspecified atom stereocenters. The van der Waals surface area contributed by atoms with E-state index >= 15 is 0 Å². The van der Waals surface area contributed by atoms with E-state index in [0.717, 1.165) is 0 Å². The van der Waals surface area contributed by atoms with Crippen molar-refractivity contribution in [1.82, 2.24) is 14.3 Å². The first kappa shape index (κ1) is 13.2. The summed E-state index contributed by atoms with van der Waals surface area (Å²) in [5.41, 5.74) is 2.88. The molecular formula is C10H13N3O3S2. The molecule has 2 rings (SSSR count). The van der Waals surface area contributed by atoms with Crippen LogP contribution in [-0.2, 0) is 30.2 Å². The maximum Gasteiger partial charge on any atom is 0.242 e. The number of aromatic nitrogens is 2. The Morgan fingerprint density at radius 3 is 2.89 bits per heavy atom. The molecule has 0 atom stereocenters. The van der Waals surface area contributed by atoms with E-state index in [1.807, 2.05) is 0 Å². The summed E-state index contributed by atoms with van der Waals surface area (Å²) in [6.07, 6.45) is 1.47. The van der Waals surface area contributed by atoms with Gasteiger partial charge in [-0.3, -0.25) is 0 Å². The molecule has 0 aliphatic carbocycles. The van der Waals surface area contributed by atoms with Crippen LogP contribution < -0.4 is 4.72 Å². The molecule has 2 aromatic heterocycles. The van der Waals surface area contributed by atoms with Gasteiger partial charge in [-0.25, -0.2) is 18.1 Å². The van der Waals surface area contributed by atoms with E-state index in [2.05, 4.69) is 9.71 Å². The van der Waals surface area contributed by atoms with Gasteiger partial charge in [-0.2, -0.15) is 0 Å². The molecule has 8 heteroatoms. The highest BCUT2D eigenvalue weighted by molar-refractivity contribution is 7.89. The molecule has 0 amide bonds. The van der Waals surface area contributed by atoms with Crippen molar-refractivity contribution in [3.63, 3.8) is 0 Å². The van der Waals surface area contributed by atoms with E-state index in [1.54, 1.807) is 22.5 Å². The second kappa shape index (κ2) is 5.19. The van der Waals surface area contributed by atoms with Gasteiger partial charge in [-0.1, -0.05) is 0 Å². The Labute approximate surface area is 109 Å². The van der Waals surface area contributed by atoms with Crippen molar-refractivity contribution in [3.8, 4) is 0 Å². The fourth-order valence-electron chi connectivity index (χ4n) is 1.46. The largest absolute Gasteiger partial charge is 0.390 e. The van der Waals surface area contributed by atoms with Crippen molar-refractivity contribution in [2.75, 3.05) is 0 Å². The number of nitrogens with zero attached hydrogens (tertiary/aromatic N) is 2. The van der Waals surface area contributed by atoms with Crippen molar-refractivity contribution in [1.29, 1.82) is 0 Å². The van der Waals surface area contributed by atoms with Gasteiger partial charge in [0.2, 0.25) is 10.0 Å². The number of thiazole rings is 1. The number of hydrogen-bond acceptors (Lipinski definition) is 5. The van der Waals surface area contributed by atoms with E-state index in [4.69, 9.17) is 5.11 Å². The lowest BCUT2D eigenvalue weighted by Gasteiger charge is -2.02. The van der Waals surface area contributed by atoms with Crippen LogP contribution in [0.5, 0.6) is 0 Å². The fraction of sp³-hybridized carbons (Fsp3) is 0.300. The van der Waals surface area contributed by atoms with Gasteiger partial charge in [0.15, 0.2) is 0 Å². The van der Waals surface area contributed by atoms with E-state index in [9.17, 15) is 8.42 Å². The molecule has 0 aromatic carbocycles. The second-order valence-electron chi connectivity index (χ2n) is 3.74. The SMILES string of the molecule is Cn1cc(S(=O)(=O)NCc2cscn2)cc1CO. The molecule has 6 nitrogen and oxygen atoms in total. The van der Waals surface area contributed by atoms with Crippen molar-refractivity contribution in [3.05, 3.63) is 34.5 Å². The number of rotatable bonds is 5. The molecule has 0 aliphatic rings. The summed E-state index contributed by atoms with van der Waals surface area (Å²) in [6.45, 7) is -0.0344. The summed E-state index contributed by atoms with van der Waals surface area (Å²) in [5.74, 6) is 0. The van der Waals surface area contributed by atoms with E-state index in [0.29, 0.717) is 11.4 Å². The maximum absolute atomic E-state index is 12.0. The molecule has 0 fully saturated rings. The highest BCUT2D eigenvalue weighted by Gasteiger charge is 2.17. The van der Waals surface area contributed by atoms with Crippen LogP contribution in [0.25, 0.3) is 0 Å². The Bertz CT molecular complexity index is 617. The van der Waals surface area contributed by atoms with E-state index < -0.39 is 10.0 Å². The monoisotopic (exact) mass is 287 g/mol. The van der Waals surface area contributed by atoms with Gasteiger partial charge in [0.1, 0.15) is 0 Å². The average molecular weight is 287 g/mol. The number of hydrogen-bond donors (Lipinski definition) is 2. The Kier molecular flexibility index (Phi) is 3.81. The molecule has 0 radical (unpaired) electrons. The van der Waals surface area contributed by atoms with Gasteiger partial charge in [0.05, 0.1) is 29.3 Å². The Hall–Kier alpha value is -1.22. The summed E-state index contributed by atoms with van der Waals surface area (Å²) >= 11 is 1.41. The normalized spacial score (nSPS) is 11.9. The molecule has 2 aromatic rings. The molecule has 2 heterocycles. The molecule has 0 bridgehead atoms. The van der Waals surface area contributed by atoms with Gasteiger partial charge in [0.25, 0.3) is 0 Å². The van der Waals surface area contributed by atoms with Crippen molar-refractivity contribution in [2.45, 2.75) is 18.0 Å². The van der Waals surface area contributed by atoms with Crippen molar-refractivity contribution < 1.29 is 13.5 Å². The van der Waals surface area contributed by atoms with Crippen LogP contribution in [0.2, 0.25) is 0 Å². The highest BCUT2D eigenvalue weighted by atomic mass is 32.2. The van der Waals surface area contributed by atoms with Crippen LogP contribution >= 0.6 is 11.3 Å². The Morgan fingerprint density at radius 1 is 1.56 bits per heavy atom. The predicted octanol–water partition coefficient (Wildman–Crippen LogP) is 0.452. The number of aliphatic hydroxyl groups is 1. The first-order valence-corrected chi connectivity index (χ1v) is 7.58. The summed E-state index contributed by atoms with van der Waals surface area (Å²) < 4.78 is 28.0. The third-order valence-electron chi connectivity index (χ3n) is 2.48. The van der Waals surface area contributed by atoms with Crippen LogP contribution in [0.3, 0.4) is 0 Å².